The van der Waals surface area contributed by atoms with Gasteiger partial charge in [0.1, 0.15) is 6.10 Å². The second-order valence-corrected chi connectivity index (χ2v) is 5.87. The zero-order valence-corrected chi connectivity index (χ0v) is 14.2. The van der Waals surface area contributed by atoms with Crippen molar-refractivity contribution < 1.29 is 19.1 Å². The van der Waals surface area contributed by atoms with E-state index in [2.05, 4.69) is 0 Å². The van der Waals surface area contributed by atoms with E-state index in [-0.39, 0.29) is 18.0 Å². The van der Waals surface area contributed by atoms with Gasteiger partial charge >= 0.3 is 11.9 Å². The Kier molecular flexibility index (Phi) is 12.0. The molecule has 0 aliphatic rings. The first-order valence-electron chi connectivity index (χ1n) is 8.32. The summed E-state index contributed by atoms with van der Waals surface area (Å²) in [6, 6.07) is 0. The number of unbranched alkanes of at least 4 members (excludes halogenated alkanes) is 5. The maximum atomic E-state index is 11.6. The van der Waals surface area contributed by atoms with Crippen LogP contribution in [0.2, 0.25) is 0 Å². The summed E-state index contributed by atoms with van der Waals surface area (Å²) in [5, 5.41) is 0. The lowest BCUT2D eigenvalue weighted by molar-refractivity contribution is -0.150. The first-order valence-corrected chi connectivity index (χ1v) is 8.32. The monoisotopic (exact) mass is 300 g/mol. The molecule has 0 aromatic carbocycles. The van der Waals surface area contributed by atoms with Crippen molar-refractivity contribution in [2.45, 2.75) is 85.2 Å². The summed E-state index contributed by atoms with van der Waals surface area (Å²) in [5.41, 5.74) is 0. The van der Waals surface area contributed by atoms with Crippen molar-refractivity contribution in [1.29, 1.82) is 0 Å². The fourth-order valence-corrected chi connectivity index (χ4v) is 1.88. The lowest BCUT2D eigenvalue weighted by Crippen LogP contribution is -2.19. The molecule has 0 rings (SSSR count). The van der Waals surface area contributed by atoms with Crippen LogP contribution in [0.15, 0.2) is 0 Å². The Morgan fingerprint density at radius 2 is 1.29 bits per heavy atom. The highest BCUT2D eigenvalue weighted by Crippen LogP contribution is 2.11. The van der Waals surface area contributed by atoms with Crippen LogP contribution >= 0.6 is 0 Å². The molecule has 0 spiro atoms. The molecule has 0 aromatic rings. The van der Waals surface area contributed by atoms with E-state index < -0.39 is 0 Å². The molecule has 0 aliphatic heterocycles. The number of esters is 2. The third-order valence-electron chi connectivity index (χ3n) is 3.57. The molecule has 0 aromatic heterocycles. The fraction of sp³-hybridized carbons (Fsp3) is 0.882. The lowest BCUT2D eigenvalue weighted by Gasteiger charge is -2.16. The smallest absolute Gasteiger partial charge is 0.306 e. The van der Waals surface area contributed by atoms with Gasteiger partial charge in [0.15, 0.2) is 0 Å². The van der Waals surface area contributed by atoms with Gasteiger partial charge in [-0.15, -0.1) is 0 Å². The predicted molar refractivity (Wildman–Crippen MR) is 84.0 cm³/mol. The normalized spacial score (nSPS) is 12.2. The molecule has 1 atom stereocenters. The molecule has 0 aliphatic carbocycles. The number of hydrogen-bond acceptors (Lipinski definition) is 4. The van der Waals surface area contributed by atoms with Crippen LogP contribution in [0.5, 0.6) is 0 Å². The summed E-state index contributed by atoms with van der Waals surface area (Å²) in [6.07, 6.45) is 7.13. The first kappa shape index (κ1) is 19.9. The van der Waals surface area contributed by atoms with Gasteiger partial charge in [-0.3, -0.25) is 9.59 Å². The molecule has 4 nitrogen and oxygen atoms in total. The van der Waals surface area contributed by atoms with Crippen molar-refractivity contribution in [2.75, 3.05) is 6.61 Å². The molecule has 21 heavy (non-hydrogen) atoms. The van der Waals surface area contributed by atoms with Crippen LogP contribution in [0.1, 0.15) is 79.1 Å². The average Bonchev–Trinajstić information content (AvgIpc) is 2.41. The predicted octanol–water partition coefficient (Wildman–Crippen LogP) is 4.26. The minimum absolute atomic E-state index is 0.000349. The largest absolute Gasteiger partial charge is 0.466 e. The van der Waals surface area contributed by atoms with Crippen molar-refractivity contribution in [1.82, 2.24) is 0 Å². The summed E-state index contributed by atoms with van der Waals surface area (Å²) in [4.78, 5) is 22.7. The third-order valence-corrected chi connectivity index (χ3v) is 3.57. The Hall–Kier alpha value is -1.06. The lowest BCUT2D eigenvalue weighted by atomic mass is 10.1. The molecule has 0 heterocycles. The number of ether oxygens (including phenoxy) is 2. The van der Waals surface area contributed by atoms with E-state index in [0.29, 0.717) is 25.4 Å². The molecule has 0 fully saturated rings. The second kappa shape index (κ2) is 12.7. The maximum Gasteiger partial charge on any atom is 0.306 e. The topological polar surface area (TPSA) is 52.6 Å². The van der Waals surface area contributed by atoms with Crippen molar-refractivity contribution in [2.24, 2.45) is 5.92 Å². The number of hydrogen-bond donors (Lipinski definition) is 0. The molecule has 0 N–H and O–H groups in total. The summed E-state index contributed by atoms with van der Waals surface area (Å²) in [6.45, 7) is 8.32. The van der Waals surface area contributed by atoms with E-state index in [9.17, 15) is 9.59 Å². The Labute approximate surface area is 129 Å². The molecule has 124 valence electrons. The van der Waals surface area contributed by atoms with Crippen LogP contribution in [0.3, 0.4) is 0 Å². The minimum Gasteiger partial charge on any atom is -0.466 e. The molecule has 0 amide bonds. The first-order chi connectivity index (χ1) is 9.97. The summed E-state index contributed by atoms with van der Waals surface area (Å²) < 4.78 is 10.2. The molecule has 0 bridgehead atoms. The molecular weight excluding hydrogens is 268 g/mol. The van der Waals surface area contributed by atoms with E-state index in [1.54, 1.807) is 0 Å². The number of carbonyl (C=O) groups is 2. The number of rotatable bonds is 12. The third kappa shape index (κ3) is 12.4. The van der Waals surface area contributed by atoms with E-state index in [1.165, 1.54) is 0 Å². The van der Waals surface area contributed by atoms with Gasteiger partial charge in [-0.05, 0) is 32.6 Å². The summed E-state index contributed by atoms with van der Waals surface area (Å²) >= 11 is 0. The Morgan fingerprint density at radius 1 is 0.810 bits per heavy atom. The van der Waals surface area contributed by atoms with Crippen LogP contribution in [-0.4, -0.2) is 24.6 Å². The molecule has 1 unspecified atom stereocenters. The zero-order valence-electron chi connectivity index (χ0n) is 14.2. The standard InChI is InChI=1S/C17H32O4/c1-5-20-16(18)12-10-8-6-7-9-11-13-17(19)21-15(4)14(2)3/h14-15H,5-13H2,1-4H3. The second-order valence-electron chi connectivity index (χ2n) is 5.87. The fourth-order valence-electron chi connectivity index (χ4n) is 1.88. The SMILES string of the molecule is CCOC(=O)CCCCCCCCC(=O)OC(C)C(C)C. The van der Waals surface area contributed by atoms with E-state index in [1.807, 2.05) is 27.7 Å². The molecular formula is C17H32O4. The van der Waals surface area contributed by atoms with Crippen molar-refractivity contribution in [3.8, 4) is 0 Å². The van der Waals surface area contributed by atoms with Gasteiger partial charge in [0.05, 0.1) is 6.61 Å². The Morgan fingerprint density at radius 3 is 1.76 bits per heavy atom. The van der Waals surface area contributed by atoms with Crippen LogP contribution in [0.4, 0.5) is 0 Å². The van der Waals surface area contributed by atoms with Crippen LogP contribution in [0.25, 0.3) is 0 Å². The Bertz CT molecular complexity index is 287. The van der Waals surface area contributed by atoms with Crippen LogP contribution in [-0.2, 0) is 19.1 Å². The highest BCUT2D eigenvalue weighted by Gasteiger charge is 2.12. The van der Waals surface area contributed by atoms with Crippen LogP contribution < -0.4 is 0 Å². The minimum atomic E-state index is -0.0977. The average molecular weight is 300 g/mol. The quantitative estimate of drug-likeness (QED) is 0.399. The highest BCUT2D eigenvalue weighted by molar-refractivity contribution is 5.69. The van der Waals surface area contributed by atoms with Crippen LogP contribution in [0, 0.1) is 5.92 Å². The highest BCUT2D eigenvalue weighted by atomic mass is 16.5. The van der Waals surface area contributed by atoms with Crippen molar-refractivity contribution in [3.63, 3.8) is 0 Å². The van der Waals surface area contributed by atoms with Crippen molar-refractivity contribution in [3.05, 3.63) is 0 Å². The van der Waals surface area contributed by atoms with E-state index >= 15 is 0 Å². The number of carbonyl (C=O) groups excluding carboxylic acids is 2. The van der Waals surface area contributed by atoms with Crippen molar-refractivity contribution >= 4 is 11.9 Å². The summed E-state index contributed by atoms with van der Waals surface area (Å²) in [7, 11) is 0. The van der Waals surface area contributed by atoms with Gasteiger partial charge in [0, 0.05) is 12.8 Å². The molecule has 0 saturated heterocycles. The van der Waals surface area contributed by atoms with Gasteiger partial charge in [-0.1, -0.05) is 39.5 Å². The molecule has 0 saturated carbocycles. The summed E-state index contributed by atoms with van der Waals surface area (Å²) in [5.74, 6) is 0.186. The van der Waals surface area contributed by atoms with Gasteiger partial charge < -0.3 is 9.47 Å². The Balaban J connectivity index is 3.36. The van der Waals surface area contributed by atoms with Gasteiger partial charge in [-0.2, -0.15) is 0 Å². The van der Waals surface area contributed by atoms with Gasteiger partial charge in [-0.25, -0.2) is 0 Å². The van der Waals surface area contributed by atoms with Gasteiger partial charge in [0.2, 0.25) is 0 Å². The van der Waals surface area contributed by atoms with Gasteiger partial charge in [0.25, 0.3) is 0 Å². The van der Waals surface area contributed by atoms with E-state index in [0.717, 1.165) is 38.5 Å². The maximum absolute atomic E-state index is 11.6. The molecule has 4 heteroatoms. The van der Waals surface area contributed by atoms with E-state index in [4.69, 9.17) is 9.47 Å². The zero-order chi connectivity index (χ0) is 16.1. The molecule has 0 radical (unpaired) electrons.